The molecule has 0 unspecified atom stereocenters. The van der Waals surface area contributed by atoms with Gasteiger partial charge >= 0.3 is 5.97 Å². The molecule has 1 amide bonds. The number of cyclic esters (lactones) is 1. The summed E-state index contributed by atoms with van der Waals surface area (Å²) in [5.74, 6) is -1.38. The molecule has 2 N–H and O–H groups in total. The second-order valence-electron chi connectivity index (χ2n) is 7.51. The molecule has 0 fully saturated rings. The number of benzene rings is 2. The van der Waals surface area contributed by atoms with Crippen LogP contribution < -0.4 is 10.6 Å². The van der Waals surface area contributed by atoms with Crippen LogP contribution in [0.25, 0.3) is 5.57 Å². The number of carbonyl (C=O) groups is 2. The van der Waals surface area contributed by atoms with Crippen molar-refractivity contribution in [2.45, 2.75) is 26.4 Å². The summed E-state index contributed by atoms with van der Waals surface area (Å²) >= 11 is 0. The quantitative estimate of drug-likeness (QED) is 0.602. The van der Waals surface area contributed by atoms with Gasteiger partial charge in [0.25, 0.3) is 5.91 Å². The van der Waals surface area contributed by atoms with E-state index in [2.05, 4.69) is 15.6 Å². The van der Waals surface area contributed by atoms with Crippen molar-refractivity contribution in [3.05, 3.63) is 82.8 Å². The van der Waals surface area contributed by atoms with Crippen LogP contribution in [0.4, 0.5) is 10.1 Å². The number of esters is 1. The standard InChI is InChI=1S/C23H20FN3O3/c1-13(17-18(14-9-5-4-6-10-14)23(2,3)30-21(17)29)19-20(28)27-22(26-19)25-16-12-8-7-11-15(16)24/h4-12H,1-3H3,(H2,25,26,27,28)/b19-13-. The van der Waals surface area contributed by atoms with E-state index in [1.54, 1.807) is 32.9 Å². The van der Waals surface area contributed by atoms with E-state index in [4.69, 9.17) is 4.74 Å². The third kappa shape index (κ3) is 3.39. The average Bonchev–Trinajstić information content (AvgIpc) is 3.18. The molecule has 6 nitrogen and oxygen atoms in total. The molecule has 0 aromatic heterocycles. The van der Waals surface area contributed by atoms with Crippen LogP contribution in [0.2, 0.25) is 0 Å². The minimum Gasteiger partial charge on any atom is -0.451 e. The van der Waals surface area contributed by atoms with Crippen molar-refractivity contribution in [3.63, 3.8) is 0 Å². The lowest BCUT2D eigenvalue weighted by Crippen LogP contribution is -2.30. The van der Waals surface area contributed by atoms with Crippen LogP contribution in [-0.2, 0) is 14.3 Å². The summed E-state index contributed by atoms with van der Waals surface area (Å²) in [5, 5.41) is 5.34. The number of hydrogen-bond donors (Lipinski definition) is 2. The van der Waals surface area contributed by atoms with Crippen molar-refractivity contribution >= 4 is 29.1 Å². The van der Waals surface area contributed by atoms with Crippen LogP contribution in [0.1, 0.15) is 26.3 Å². The van der Waals surface area contributed by atoms with Gasteiger partial charge in [-0.3, -0.25) is 10.1 Å². The molecule has 2 heterocycles. The Bertz CT molecular complexity index is 1150. The average molecular weight is 405 g/mol. The summed E-state index contributed by atoms with van der Waals surface area (Å²) in [5.41, 5.74) is 1.63. The number of hydrogen-bond acceptors (Lipinski definition) is 5. The topological polar surface area (TPSA) is 79.8 Å². The number of halogens is 1. The van der Waals surface area contributed by atoms with Crippen LogP contribution in [-0.4, -0.2) is 23.4 Å². The molecule has 0 aliphatic carbocycles. The highest BCUT2D eigenvalue weighted by molar-refractivity contribution is 6.18. The normalized spacial score (nSPS) is 19.4. The summed E-state index contributed by atoms with van der Waals surface area (Å²) in [6.45, 7) is 5.27. The first kappa shape index (κ1) is 19.6. The molecule has 0 saturated carbocycles. The van der Waals surface area contributed by atoms with E-state index in [-0.39, 0.29) is 17.3 Å². The van der Waals surface area contributed by atoms with Gasteiger partial charge in [-0.05, 0) is 44.0 Å². The first-order valence-corrected chi connectivity index (χ1v) is 9.44. The van der Waals surface area contributed by atoms with Gasteiger partial charge < -0.3 is 10.1 Å². The van der Waals surface area contributed by atoms with E-state index in [1.165, 1.54) is 12.1 Å². The Morgan fingerprint density at radius 1 is 1.07 bits per heavy atom. The predicted molar refractivity (Wildman–Crippen MR) is 112 cm³/mol. The number of para-hydroxylation sites is 1. The van der Waals surface area contributed by atoms with Crippen LogP contribution in [0.3, 0.4) is 0 Å². The first-order valence-electron chi connectivity index (χ1n) is 9.44. The molecule has 0 bridgehead atoms. The summed E-state index contributed by atoms with van der Waals surface area (Å²) < 4.78 is 19.5. The van der Waals surface area contributed by atoms with E-state index in [0.29, 0.717) is 16.7 Å². The molecule has 0 spiro atoms. The Hall–Kier alpha value is -3.74. The van der Waals surface area contributed by atoms with Gasteiger partial charge in [0, 0.05) is 5.57 Å². The van der Waals surface area contributed by atoms with Crippen molar-refractivity contribution in [2.75, 3.05) is 5.32 Å². The van der Waals surface area contributed by atoms with Crippen molar-refractivity contribution in [2.24, 2.45) is 4.99 Å². The van der Waals surface area contributed by atoms with Crippen molar-refractivity contribution in [3.8, 4) is 0 Å². The Morgan fingerprint density at radius 3 is 2.43 bits per heavy atom. The molecule has 0 radical (unpaired) electrons. The molecule has 0 saturated heterocycles. The molecule has 0 atom stereocenters. The predicted octanol–water partition coefficient (Wildman–Crippen LogP) is 3.79. The van der Waals surface area contributed by atoms with Crippen molar-refractivity contribution in [1.82, 2.24) is 5.32 Å². The van der Waals surface area contributed by atoms with Crippen LogP contribution in [0.15, 0.2) is 76.4 Å². The van der Waals surface area contributed by atoms with Gasteiger partial charge in [-0.25, -0.2) is 14.2 Å². The monoisotopic (exact) mass is 405 g/mol. The van der Waals surface area contributed by atoms with Gasteiger partial charge in [-0.15, -0.1) is 0 Å². The zero-order chi connectivity index (χ0) is 21.5. The number of guanidine groups is 1. The molecule has 152 valence electrons. The number of amides is 1. The minimum absolute atomic E-state index is 0.0759. The third-order valence-corrected chi connectivity index (χ3v) is 4.99. The number of aliphatic imine (C=N–C) groups is 1. The Balaban J connectivity index is 1.80. The smallest absolute Gasteiger partial charge is 0.339 e. The Kier molecular flexibility index (Phi) is 4.73. The Morgan fingerprint density at radius 2 is 1.73 bits per heavy atom. The number of anilines is 1. The zero-order valence-corrected chi connectivity index (χ0v) is 16.7. The van der Waals surface area contributed by atoms with Gasteiger partial charge in [0.2, 0.25) is 5.96 Å². The van der Waals surface area contributed by atoms with Crippen molar-refractivity contribution < 1.29 is 18.7 Å². The molecule has 30 heavy (non-hydrogen) atoms. The molecule has 2 aromatic carbocycles. The minimum atomic E-state index is -0.859. The lowest BCUT2D eigenvalue weighted by atomic mass is 9.86. The first-order chi connectivity index (χ1) is 14.3. The van der Waals surface area contributed by atoms with Gasteiger partial charge in [-0.2, -0.15) is 0 Å². The summed E-state index contributed by atoms with van der Waals surface area (Å²) in [6, 6.07) is 15.5. The molecule has 2 aliphatic rings. The van der Waals surface area contributed by atoms with Crippen LogP contribution in [0, 0.1) is 5.82 Å². The fraction of sp³-hybridized carbons (Fsp3) is 0.174. The van der Waals surface area contributed by atoms with Gasteiger partial charge in [0.1, 0.15) is 17.1 Å². The number of carbonyl (C=O) groups excluding carboxylic acids is 2. The van der Waals surface area contributed by atoms with E-state index < -0.39 is 23.3 Å². The highest BCUT2D eigenvalue weighted by Crippen LogP contribution is 2.42. The maximum atomic E-state index is 13.9. The summed E-state index contributed by atoms with van der Waals surface area (Å²) in [6.07, 6.45) is 0. The third-order valence-electron chi connectivity index (χ3n) is 4.99. The Labute approximate surface area is 173 Å². The van der Waals surface area contributed by atoms with Crippen molar-refractivity contribution in [1.29, 1.82) is 0 Å². The fourth-order valence-electron chi connectivity index (χ4n) is 3.65. The van der Waals surface area contributed by atoms with E-state index in [0.717, 1.165) is 5.56 Å². The van der Waals surface area contributed by atoms with E-state index >= 15 is 0 Å². The molecule has 4 rings (SSSR count). The highest BCUT2D eigenvalue weighted by atomic mass is 19.1. The second kappa shape index (κ2) is 7.26. The number of ether oxygens (including phenoxy) is 1. The molecule has 2 aromatic rings. The maximum Gasteiger partial charge on any atom is 0.339 e. The van der Waals surface area contributed by atoms with Crippen LogP contribution in [0.5, 0.6) is 0 Å². The lowest BCUT2D eigenvalue weighted by molar-refractivity contribution is -0.143. The number of nitrogens with one attached hydrogen (secondary N) is 2. The zero-order valence-electron chi connectivity index (χ0n) is 16.7. The fourth-order valence-corrected chi connectivity index (χ4v) is 3.65. The number of nitrogens with zero attached hydrogens (tertiary/aromatic N) is 1. The van der Waals surface area contributed by atoms with E-state index in [1.807, 2.05) is 30.3 Å². The summed E-state index contributed by atoms with van der Waals surface area (Å²) in [7, 11) is 0. The largest absolute Gasteiger partial charge is 0.451 e. The highest BCUT2D eigenvalue weighted by Gasteiger charge is 2.43. The maximum absolute atomic E-state index is 13.9. The van der Waals surface area contributed by atoms with Crippen LogP contribution >= 0.6 is 0 Å². The molecule has 2 aliphatic heterocycles. The van der Waals surface area contributed by atoms with Gasteiger partial charge in [-0.1, -0.05) is 42.5 Å². The second-order valence-corrected chi connectivity index (χ2v) is 7.51. The molecular formula is C23H20FN3O3. The SMILES string of the molecule is C/C(C1=C(c2ccccc2)C(C)(C)OC1=O)=C1/N=C(Nc2ccccc2F)NC1=O. The molecule has 7 heteroatoms. The number of rotatable bonds is 3. The lowest BCUT2D eigenvalue weighted by Gasteiger charge is -2.21. The van der Waals surface area contributed by atoms with E-state index in [9.17, 15) is 14.0 Å². The summed E-state index contributed by atoms with van der Waals surface area (Å²) in [4.78, 5) is 29.6. The molecular weight excluding hydrogens is 385 g/mol. The van der Waals surface area contributed by atoms with Gasteiger partial charge in [0.05, 0.1) is 11.3 Å². The van der Waals surface area contributed by atoms with Gasteiger partial charge in [0.15, 0.2) is 0 Å².